The Morgan fingerprint density at radius 1 is 0.171 bits per heavy atom. The number of rotatable bonds is 10. The molecule has 248 valence electrons. The highest BCUT2D eigenvalue weighted by Crippen LogP contribution is 2.68. The summed E-state index contributed by atoms with van der Waals surface area (Å²) in [5.41, 5.74) is -7.31. The van der Waals surface area contributed by atoms with Crippen LogP contribution in [0.4, 0.5) is 96.6 Å². The summed E-state index contributed by atoms with van der Waals surface area (Å²) < 4.78 is 305. The fourth-order valence-corrected chi connectivity index (χ4v) is 2.72. The van der Waals surface area contributed by atoms with Crippen LogP contribution in [-0.2, 0) is 0 Å². The highest BCUT2D eigenvalue weighted by Gasteiger charge is 2.99. The predicted octanol–water partition coefficient (Wildman–Crippen LogP) is 10.1. The number of halogens is 22. The van der Waals surface area contributed by atoms with Gasteiger partial charge in [0.2, 0.25) is 0 Å². The molecule has 0 rings (SSSR count). The summed E-state index contributed by atoms with van der Waals surface area (Å²) in [7, 11) is 0. The number of hydrogen-bond acceptors (Lipinski definition) is 0. The van der Waals surface area contributed by atoms with Crippen molar-refractivity contribution in [3.8, 4) is 0 Å². The van der Waals surface area contributed by atoms with Crippen LogP contribution in [0, 0.1) is 10.8 Å². The van der Waals surface area contributed by atoms with Crippen LogP contribution < -0.4 is 0 Å². The molecule has 0 spiro atoms. The van der Waals surface area contributed by atoms with E-state index in [-0.39, 0.29) is 41.5 Å². The van der Waals surface area contributed by atoms with Gasteiger partial charge in [0.25, 0.3) is 0 Å². The fraction of sp³-hybridized carbons (Fsp3) is 1.00. The Balaban J connectivity index is 7.41. The standard InChI is InChI=1S/C19H18F22/c1-7(2,3)9(20,21)11(24,25)13(28,29)15(32,33)17(36,37)19(40,41)18(38,39)16(34,35)14(30,31)12(26,27)10(22,23)8(4,5)6/h1-6H3. The molecule has 0 nitrogen and oxygen atoms in total. The Labute approximate surface area is 215 Å². The van der Waals surface area contributed by atoms with Crippen molar-refractivity contribution in [2.75, 3.05) is 0 Å². The molecule has 0 heterocycles. The molecular weight excluding hydrogens is 646 g/mol. The van der Waals surface area contributed by atoms with Crippen LogP contribution in [-0.4, -0.2) is 65.1 Å². The van der Waals surface area contributed by atoms with Gasteiger partial charge in [0.15, 0.2) is 0 Å². The average Bonchev–Trinajstić information content (AvgIpc) is 2.70. The number of hydrogen-bond donors (Lipinski definition) is 0. The second kappa shape index (κ2) is 9.23. The molecule has 22 heteroatoms. The molecule has 0 aromatic heterocycles. The molecule has 0 aliphatic heterocycles. The van der Waals surface area contributed by atoms with Gasteiger partial charge in [-0.2, -0.15) is 96.6 Å². The third-order valence-corrected chi connectivity index (χ3v) is 5.83. The van der Waals surface area contributed by atoms with Crippen LogP contribution in [0.3, 0.4) is 0 Å². The smallest absolute Gasteiger partial charge is 0.199 e. The van der Waals surface area contributed by atoms with Crippen molar-refractivity contribution in [2.45, 2.75) is 107 Å². The molecule has 0 bridgehead atoms. The molecule has 0 N–H and O–H groups in total. The summed E-state index contributed by atoms with van der Waals surface area (Å²) in [5, 5.41) is 0. The van der Waals surface area contributed by atoms with Gasteiger partial charge in [-0.05, 0) is 0 Å². The molecule has 0 saturated heterocycles. The summed E-state index contributed by atoms with van der Waals surface area (Å²) in [5.74, 6) is -92.1. The van der Waals surface area contributed by atoms with Crippen LogP contribution in [0.25, 0.3) is 0 Å². The second-order valence-electron chi connectivity index (χ2n) is 10.8. The van der Waals surface area contributed by atoms with Crippen LogP contribution >= 0.6 is 0 Å². The maximum atomic E-state index is 13.9. The molecule has 0 atom stereocenters. The van der Waals surface area contributed by atoms with Crippen LogP contribution in [0.1, 0.15) is 41.5 Å². The Hall–Kier alpha value is -1.54. The molecule has 41 heavy (non-hydrogen) atoms. The molecular formula is C19H18F22. The lowest BCUT2D eigenvalue weighted by atomic mass is 9.77. The van der Waals surface area contributed by atoms with E-state index in [1.54, 1.807) is 0 Å². The quantitative estimate of drug-likeness (QED) is 0.204. The van der Waals surface area contributed by atoms with Crippen LogP contribution in [0.2, 0.25) is 0 Å². The topological polar surface area (TPSA) is 0 Å². The summed E-state index contributed by atoms with van der Waals surface area (Å²) in [6.45, 7) is -0.880. The van der Waals surface area contributed by atoms with Gasteiger partial charge in [0.05, 0.1) is 0 Å². The van der Waals surface area contributed by atoms with E-state index >= 15 is 0 Å². The van der Waals surface area contributed by atoms with Gasteiger partial charge < -0.3 is 0 Å². The minimum absolute atomic E-state index is 0.147. The number of alkyl halides is 22. The van der Waals surface area contributed by atoms with Crippen molar-refractivity contribution in [2.24, 2.45) is 10.8 Å². The van der Waals surface area contributed by atoms with E-state index < -0.39 is 76.0 Å². The van der Waals surface area contributed by atoms with Crippen molar-refractivity contribution in [1.29, 1.82) is 0 Å². The van der Waals surface area contributed by atoms with E-state index in [0.717, 1.165) is 0 Å². The zero-order chi connectivity index (χ0) is 34.5. The van der Waals surface area contributed by atoms with E-state index in [1.165, 1.54) is 0 Å². The molecule has 0 radical (unpaired) electrons. The maximum absolute atomic E-state index is 13.9. The van der Waals surface area contributed by atoms with E-state index in [1.807, 2.05) is 0 Å². The van der Waals surface area contributed by atoms with Crippen molar-refractivity contribution in [3.63, 3.8) is 0 Å². The van der Waals surface area contributed by atoms with Crippen LogP contribution in [0.15, 0.2) is 0 Å². The SMILES string of the molecule is CC(C)(C)C(F)(F)C(F)(F)C(F)(F)C(F)(F)C(F)(F)C(F)(F)C(F)(F)C(F)(F)C(F)(F)C(F)(F)C(F)(F)C(C)(C)C. The summed E-state index contributed by atoms with van der Waals surface area (Å²) in [4.78, 5) is 0. The first-order valence-electron chi connectivity index (χ1n) is 10.2. The molecule has 0 fully saturated rings. The molecule has 0 aromatic rings. The molecule has 0 unspecified atom stereocenters. The largest absolute Gasteiger partial charge is 0.385 e. The first-order valence-corrected chi connectivity index (χ1v) is 10.2. The lowest BCUT2D eigenvalue weighted by Crippen LogP contribution is -2.78. The highest BCUT2D eigenvalue weighted by atomic mass is 19.4. The zero-order valence-electron chi connectivity index (χ0n) is 20.8. The van der Waals surface area contributed by atoms with E-state index in [0.29, 0.717) is 0 Å². The molecule has 0 saturated carbocycles. The second-order valence-corrected chi connectivity index (χ2v) is 10.8. The van der Waals surface area contributed by atoms with E-state index in [4.69, 9.17) is 0 Å². The lowest BCUT2D eigenvalue weighted by Gasteiger charge is -2.47. The highest BCUT2D eigenvalue weighted by molar-refractivity contribution is 5.20. The zero-order valence-corrected chi connectivity index (χ0v) is 20.8. The Bertz CT molecular complexity index is 882. The van der Waals surface area contributed by atoms with Gasteiger partial charge in [0, 0.05) is 10.8 Å². The van der Waals surface area contributed by atoms with E-state index in [2.05, 4.69) is 0 Å². The normalized spacial score (nSPS) is 17.3. The van der Waals surface area contributed by atoms with Crippen LogP contribution in [0.5, 0.6) is 0 Å². The lowest BCUT2D eigenvalue weighted by molar-refractivity contribution is -0.478. The molecule has 0 aliphatic rings. The monoisotopic (exact) mass is 664 g/mol. The summed E-state index contributed by atoms with van der Waals surface area (Å²) >= 11 is 0. The first-order chi connectivity index (χ1) is 17.0. The fourth-order valence-electron chi connectivity index (χ4n) is 2.72. The minimum Gasteiger partial charge on any atom is -0.199 e. The van der Waals surface area contributed by atoms with Gasteiger partial charge in [-0.1, -0.05) is 41.5 Å². The van der Waals surface area contributed by atoms with Gasteiger partial charge >= 0.3 is 65.1 Å². The molecule has 0 aliphatic carbocycles. The summed E-state index contributed by atoms with van der Waals surface area (Å²) in [6.07, 6.45) is 0. The van der Waals surface area contributed by atoms with Crippen molar-refractivity contribution in [1.82, 2.24) is 0 Å². The van der Waals surface area contributed by atoms with Crippen molar-refractivity contribution < 1.29 is 96.6 Å². The Morgan fingerprint density at radius 3 is 0.317 bits per heavy atom. The van der Waals surface area contributed by atoms with Gasteiger partial charge in [-0.25, -0.2) is 0 Å². The van der Waals surface area contributed by atoms with E-state index in [9.17, 15) is 96.6 Å². The third kappa shape index (κ3) is 4.51. The first kappa shape index (κ1) is 39.5. The summed E-state index contributed by atoms with van der Waals surface area (Å²) in [6, 6.07) is 0. The Kier molecular flexibility index (Phi) is 8.88. The maximum Gasteiger partial charge on any atom is 0.385 e. The average molecular weight is 664 g/mol. The minimum atomic E-state index is -9.26. The molecule has 0 aromatic carbocycles. The van der Waals surface area contributed by atoms with Crippen molar-refractivity contribution in [3.05, 3.63) is 0 Å². The van der Waals surface area contributed by atoms with Gasteiger partial charge in [-0.3, -0.25) is 0 Å². The predicted molar refractivity (Wildman–Crippen MR) is 93.3 cm³/mol. The third-order valence-electron chi connectivity index (χ3n) is 5.83. The molecule has 0 amide bonds. The van der Waals surface area contributed by atoms with Gasteiger partial charge in [0.1, 0.15) is 0 Å². The van der Waals surface area contributed by atoms with Gasteiger partial charge in [-0.15, -0.1) is 0 Å². The Morgan fingerprint density at radius 2 is 0.244 bits per heavy atom. The van der Waals surface area contributed by atoms with Crippen molar-refractivity contribution >= 4 is 0 Å².